The molecule has 0 saturated carbocycles. The van der Waals surface area contributed by atoms with Crippen molar-refractivity contribution < 1.29 is 14.3 Å². The normalized spacial score (nSPS) is 14.6. The van der Waals surface area contributed by atoms with Crippen molar-refractivity contribution in [3.05, 3.63) is 217 Å². The Morgan fingerprint density at radius 2 is 1.12 bits per heavy atom. The number of imidazole rings is 1. The van der Waals surface area contributed by atoms with E-state index >= 15 is 0 Å². The number of nitrogens with zero attached hydrogens (tertiary/aromatic N) is 5. The van der Waals surface area contributed by atoms with Crippen LogP contribution in [-0.2, 0) is 23.2 Å². The Hall–Kier alpha value is -8.35. The number of hydrogen-bond donors (Lipinski definition) is 0. The number of benzene rings is 9. The van der Waals surface area contributed by atoms with Gasteiger partial charge in [-0.1, -0.05) is 184 Å². The van der Waals surface area contributed by atoms with Crippen LogP contribution >= 0.6 is 0 Å². The van der Waals surface area contributed by atoms with Crippen molar-refractivity contribution in [2.24, 2.45) is 6.98 Å². The molecule has 0 N–H and O–H groups in total. The summed E-state index contributed by atoms with van der Waals surface area (Å²) in [5.74, 6) is 0.920. The minimum atomic E-state index is -2.72. The van der Waals surface area contributed by atoms with Gasteiger partial charge in [0.05, 0.1) is 44.6 Å². The van der Waals surface area contributed by atoms with E-state index < -0.39 is 19.1 Å². The van der Waals surface area contributed by atoms with Crippen molar-refractivity contribution in [3.8, 4) is 50.8 Å². The fraction of sp³-hybridized carbons (Fsp3) is 0.203. The molecule has 11 aromatic rings. The molecule has 372 valence electrons. The predicted molar refractivity (Wildman–Crippen MR) is 316 cm³/mol. The number of para-hydroxylation sites is 5. The summed E-state index contributed by atoms with van der Waals surface area (Å²) < 4.78 is 72.4. The van der Waals surface area contributed by atoms with Gasteiger partial charge in [-0.3, -0.25) is 4.57 Å². The molecule has 0 aliphatic carbocycles. The first kappa shape index (κ1) is 40.1. The molecule has 12 rings (SSSR count). The predicted octanol–water partition coefficient (Wildman–Crippen LogP) is 18.6. The average molecular weight is 987 g/mol. The number of aromatic nitrogens is 3. The smallest absolute Gasteiger partial charge is 0.215 e. The number of ether oxygens (including phenoxy) is 1. The molecule has 75 heavy (non-hydrogen) atoms. The molecule has 6 nitrogen and oxygen atoms in total. The minimum absolute atomic E-state index is 0.0164. The average Bonchev–Trinajstić information content (AvgIpc) is 2.11. The van der Waals surface area contributed by atoms with Crippen LogP contribution in [0.1, 0.15) is 88.6 Å². The van der Waals surface area contributed by atoms with Crippen molar-refractivity contribution in [2.75, 3.05) is 16.5 Å². The fourth-order valence-corrected chi connectivity index (χ4v) is 11.0. The summed E-state index contributed by atoms with van der Waals surface area (Å²) in [4.78, 5) is 9.70. The highest BCUT2D eigenvalue weighted by molar-refractivity contribution is 6.09. The Morgan fingerprint density at radius 3 is 1.76 bits per heavy atom. The van der Waals surface area contributed by atoms with Crippen LogP contribution in [0.25, 0.3) is 72.2 Å². The Morgan fingerprint density at radius 1 is 0.507 bits per heavy atom. The van der Waals surface area contributed by atoms with Crippen molar-refractivity contribution in [3.63, 3.8) is 0 Å². The van der Waals surface area contributed by atoms with E-state index in [0.29, 0.717) is 40.1 Å². The van der Waals surface area contributed by atoms with Gasteiger partial charge in [-0.2, -0.15) is 0 Å². The highest BCUT2D eigenvalue weighted by atomic mass is 16.5. The van der Waals surface area contributed by atoms with Crippen LogP contribution in [0.5, 0.6) is 11.5 Å². The van der Waals surface area contributed by atoms with Gasteiger partial charge in [0.25, 0.3) is 0 Å². The van der Waals surface area contributed by atoms with E-state index in [9.17, 15) is 2.74 Å². The van der Waals surface area contributed by atoms with Gasteiger partial charge >= 0.3 is 0 Å². The Bertz CT molecular complexity index is 4240. The molecular formula is C69H65N5O. The first-order chi connectivity index (χ1) is 38.9. The molecule has 0 amide bonds. The summed E-state index contributed by atoms with van der Waals surface area (Å²) >= 11 is 0. The van der Waals surface area contributed by atoms with E-state index in [4.69, 9.17) is 16.6 Å². The summed E-state index contributed by atoms with van der Waals surface area (Å²) in [6.07, 6.45) is 0. The zero-order valence-corrected chi connectivity index (χ0v) is 44.1. The van der Waals surface area contributed by atoms with Crippen molar-refractivity contribution in [1.82, 2.24) is 14.1 Å². The van der Waals surface area contributed by atoms with E-state index in [1.165, 1.54) is 16.7 Å². The van der Waals surface area contributed by atoms with Crippen LogP contribution in [0.2, 0.25) is 0 Å². The van der Waals surface area contributed by atoms with E-state index in [-0.39, 0.29) is 45.2 Å². The number of aryl methyl sites for hydroxylation is 1. The third-order valence-electron chi connectivity index (χ3n) is 14.7. The molecule has 0 bridgehead atoms. The van der Waals surface area contributed by atoms with Gasteiger partial charge in [-0.15, -0.1) is 0 Å². The first-order valence-electron chi connectivity index (χ1n) is 29.3. The van der Waals surface area contributed by atoms with Crippen LogP contribution in [0.4, 0.5) is 22.7 Å². The number of rotatable bonds is 8. The summed E-state index contributed by atoms with van der Waals surface area (Å²) in [6.45, 7) is 18.1. The molecule has 0 spiro atoms. The van der Waals surface area contributed by atoms with Crippen LogP contribution < -0.4 is 14.5 Å². The van der Waals surface area contributed by atoms with Gasteiger partial charge in [-0.05, 0) is 122 Å². The van der Waals surface area contributed by atoms with Gasteiger partial charge in [0.2, 0.25) is 5.95 Å². The maximum absolute atomic E-state index is 9.31. The molecule has 3 heterocycles. The molecule has 9 aromatic carbocycles. The van der Waals surface area contributed by atoms with Gasteiger partial charge in [0.15, 0.2) is 0 Å². The number of anilines is 4. The second-order valence-electron chi connectivity index (χ2n) is 22.9. The summed E-state index contributed by atoms with van der Waals surface area (Å²) in [5.41, 5.74) is 14.9. The zero-order valence-electron chi connectivity index (χ0n) is 51.1. The Kier molecular flexibility index (Phi) is 9.59. The standard InChI is InChI=1S/C69H65N5O/c1-67(2,3)48-40-54(45-24-13-11-14-25-45)65(55(41-48)46-26-15-12-16-27-46)73-44-72(61-34-21-22-35-62(61)73)49-38-47(64-56(68(4,5)6)29-23-30-57(64)69(7,8)9)39-51(42-49)75-50-36-37-53-52-28-17-19-32-59(52)74(63(53)43-50)66-70-58-31-18-20-33-60(58)71(66)10/h11-43H,44H2,1-10H3/i10D3,17D,19D,28D,32D. The van der Waals surface area contributed by atoms with Crippen molar-refractivity contribution in [2.45, 2.75) is 78.6 Å². The maximum Gasteiger partial charge on any atom is 0.215 e. The lowest BCUT2D eigenvalue weighted by molar-refractivity contribution is 0.483. The topological polar surface area (TPSA) is 38.5 Å². The molecule has 6 heteroatoms. The lowest BCUT2D eigenvalue weighted by Gasteiger charge is -2.31. The molecule has 1 aliphatic rings. The quantitative estimate of drug-likeness (QED) is 0.152. The van der Waals surface area contributed by atoms with E-state index in [1.807, 2.05) is 0 Å². The van der Waals surface area contributed by atoms with Crippen LogP contribution in [0.3, 0.4) is 0 Å². The van der Waals surface area contributed by atoms with E-state index in [0.717, 1.165) is 60.7 Å². The molecule has 2 aromatic heterocycles. The maximum atomic E-state index is 9.31. The number of hydrogen-bond acceptors (Lipinski definition) is 4. The van der Waals surface area contributed by atoms with Crippen molar-refractivity contribution in [1.29, 1.82) is 0 Å². The van der Waals surface area contributed by atoms with Crippen LogP contribution in [0, 0.1) is 0 Å². The van der Waals surface area contributed by atoms with E-state index in [1.54, 1.807) is 47.0 Å². The Labute approximate surface area is 452 Å². The third-order valence-corrected chi connectivity index (χ3v) is 14.7. The first-order valence-corrected chi connectivity index (χ1v) is 25.8. The summed E-state index contributed by atoms with van der Waals surface area (Å²) in [6, 6.07) is 58.7. The van der Waals surface area contributed by atoms with Gasteiger partial charge < -0.3 is 19.1 Å². The molecule has 1 aliphatic heterocycles. The molecule has 0 radical (unpaired) electrons. The van der Waals surface area contributed by atoms with Gasteiger partial charge in [-0.25, -0.2) is 4.98 Å². The third kappa shape index (κ3) is 8.43. The lowest BCUT2D eigenvalue weighted by Crippen LogP contribution is -2.25. The lowest BCUT2D eigenvalue weighted by atomic mass is 9.74. The number of fused-ring (bicyclic) bond motifs is 5. The molecule has 0 saturated heterocycles. The molecule has 0 atom stereocenters. The fourth-order valence-electron chi connectivity index (χ4n) is 11.0. The van der Waals surface area contributed by atoms with Crippen molar-refractivity contribution >= 4 is 55.6 Å². The zero-order chi connectivity index (χ0) is 57.9. The molecular weight excluding hydrogens is 915 g/mol. The highest BCUT2D eigenvalue weighted by Gasteiger charge is 2.34. The second-order valence-corrected chi connectivity index (χ2v) is 22.9. The van der Waals surface area contributed by atoms with E-state index in [2.05, 4.69) is 206 Å². The monoisotopic (exact) mass is 987 g/mol. The van der Waals surface area contributed by atoms with Crippen LogP contribution in [0.15, 0.2) is 200 Å². The molecule has 0 unspecified atom stereocenters. The second kappa shape index (κ2) is 17.9. The largest absolute Gasteiger partial charge is 0.457 e. The summed E-state index contributed by atoms with van der Waals surface area (Å²) in [7, 11) is 0. The highest BCUT2D eigenvalue weighted by Crippen LogP contribution is 2.53. The Balaban J connectivity index is 1.10. The van der Waals surface area contributed by atoms with Gasteiger partial charge in [0, 0.05) is 50.8 Å². The van der Waals surface area contributed by atoms with Crippen LogP contribution in [-0.4, -0.2) is 20.8 Å². The summed E-state index contributed by atoms with van der Waals surface area (Å²) in [5, 5.41) is 0.724. The molecule has 0 fully saturated rings. The minimum Gasteiger partial charge on any atom is -0.457 e. The SMILES string of the molecule is [2H]c1c([2H])c([2H])c2c(c1[2H])c1ccc(Oc3cc(-c4c(C(C)(C)C)cccc4C(C)(C)C)cc(N4CN(c5c(-c6ccccc6)cc(C(C)(C)C)cc5-c5ccccc5)c5ccccc54)c3)cc1n2-c1nc2ccccc2n1C([2H])([2H])[2H]. The van der Waals surface area contributed by atoms with Gasteiger partial charge in [0.1, 0.15) is 18.2 Å².